The molecule has 0 spiro atoms. The lowest BCUT2D eigenvalue weighted by Gasteiger charge is -2.14. The predicted molar refractivity (Wildman–Crippen MR) is 83.6 cm³/mol. The highest BCUT2D eigenvalue weighted by Crippen LogP contribution is 2.32. The Morgan fingerprint density at radius 1 is 1.30 bits per heavy atom. The van der Waals surface area contributed by atoms with Gasteiger partial charge in [-0.1, -0.05) is 23.2 Å². The third-order valence-corrected chi connectivity index (χ3v) is 5.50. The molecular formula is C13H19Cl2NO3S. The van der Waals surface area contributed by atoms with E-state index in [1.807, 2.05) is 0 Å². The van der Waals surface area contributed by atoms with Gasteiger partial charge in [0.05, 0.1) is 16.0 Å². The summed E-state index contributed by atoms with van der Waals surface area (Å²) in [5, 5.41) is 0.443. The monoisotopic (exact) mass is 339 g/mol. The van der Waals surface area contributed by atoms with Gasteiger partial charge in [-0.15, -0.1) is 0 Å². The van der Waals surface area contributed by atoms with Gasteiger partial charge in [-0.05, 0) is 44.5 Å². The van der Waals surface area contributed by atoms with E-state index in [4.69, 9.17) is 33.7 Å². The Kier molecular flexibility index (Phi) is 6.58. The van der Waals surface area contributed by atoms with Gasteiger partial charge in [0.15, 0.2) is 9.84 Å². The molecule has 0 atom stereocenters. The highest BCUT2D eigenvalue weighted by molar-refractivity contribution is 7.91. The first-order chi connectivity index (χ1) is 9.27. The zero-order valence-electron chi connectivity index (χ0n) is 11.5. The Hall–Kier alpha value is -0.490. The topological polar surface area (TPSA) is 69.4 Å². The molecule has 0 aromatic heterocycles. The molecule has 0 aliphatic rings. The molecule has 1 aromatic rings. The zero-order chi connectivity index (χ0) is 15.3. The molecule has 114 valence electrons. The van der Waals surface area contributed by atoms with Gasteiger partial charge in [0, 0.05) is 5.02 Å². The summed E-state index contributed by atoms with van der Waals surface area (Å²) >= 11 is 12.0. The summed E-state index contributed by atoms with van der Waals surface area (Å²) in [7, 11) is -3.13. The van der Waals surface area contributed by atoms with Crippen LogP contribution in [0.15, 0.2) is 12.1 Å². The van der Waals surface area contributed by atoms with Crippen molar-refractivity contribution < 1.29 is 13.2 Å². The van der Waals surface area contributed by atoms with E-state index in [2.05, 4.69) is 0 Å². The summed E-state index contributed by atoms with van der Waals surface area (Å²) in [6, 6.07) is 3.29. The maximum Gasteiger partial charge on any atom is 0.155 e. The molecule has 0 unspecified atom stereocenters. The molecule has 7 heteroatoms. The lowest BCUT2D eigenvalue weighted by molar-refractivity contribution is 0.337. The van der Waals surface area contributed by atoms with Crippen molar-refractivity contribution in [3.8, 4) is 5.75 Å². The lowest BCUT2D eigenvalue weighted by atomic mass is 10.1. The predicted octanol–water partition coefficient (Wildman–Crippen LogP) is 2.70. The fourth-order valence-electron chi connectivity index (χ4n) is 1.61. The van der Waals surface area contributed by atoms with Gasteiger partial charge in [0.1, 0.15) is 12.4 Å². The smallest absolute Gasteiger partial charge is 0.155 e. The quantitative estimate of drug-likeness (QED) is 0.829. The minimum absolute atomic E-state index is 0.0499. The summed E-state index contributed by atoms with van der Waals surface area (Å²) in [5.74, 6) is 0.409. The van der Waals surface area contributed by atoms with E-state index in [9.17, 15) is 8.42 Å². The van der Waals surface area contributed by atoms with Gasteiger partial charge >= 0.3 is 0 Å². The molecule has 0 fully saturated rings. The van der Waals surface area contributed by atoms with Crippen LogP contribution in [0.5, 0.6) is 5.75 Å². The van der Waals surface area contributed by atoms with Crippen molar-refractivity contribution in [2.45, 2.75) is 25.5 Å². The SMILES string of the molecule is CC(C)S(=O)(=O)CCOc1c(Cl)cc(Cl)cc1CCN. The van der Waals surface area contributed by atoms with E-state index in [1.54, 1.807) is 26.0 Å². The summed E-state index contributed by atoms with van der Waals surface area (Å²) in [6.07, 6.45) is 0.562. The van der Waals surface area contributed by atoms with Crippen LogP contribution in [0.25, 0.3) is 0 Å². The first-order valence-corrected chi connectivity index (χ1v) is 8.77. The van der Waals surface area contributed by atoms with Crippen molar-refractivity contribution in [1.29, 1.82) is 0 Å². The number of hydrogen-bond acceptors (Lipinski definition) is 4. The molecule has 0 aliphatic heterocycles. The average molecular weight is 340 g/mol. The molecule has 0 heterocycles. The summed E-state index contributed by atoms with van der Waals surface area (Å²) in [4.78, 5) is 0. The van der Waals surface area contributed by atoms with Gasteiger partial charge in [-0.25, -0.2) is 8.42 Å². The Morgan fingerprint density at radius 2 is 1.95 bits per heavy atom. The Balaban J connectivity index is 2.82. The Labute approximate surface area is 130 Å². The molecule has 0 amide bonds. The van der Waals surface area contributed by atoms with Crippen LogP contribution in [-0.4, -0.2) is 32.6 Å². The second-order valence-electron chi connectivity index (χ2n) is 4.68. The van der Waals surface area contributed by atoms with Crippen molar-refractivity contribution in [2.24, 2.45) is 5.73 Å². The molecule has 0 saturated heterocycles. The minimum atomic E-state index is -3.13. The second kappa shape index (κ2) is 7.50. The van der Waals surface area contributed by atoms with E-state index >= 15 is 0 Å². The first kappa shape index (κ1) is 17.6. The van der Waals surface area contributed by atoms with Crippen LogP contribution in [0, 0.1) is 0 Å². The van der Waals surface area contributed by atoms with Crippen molar-refractivity contribution >= 4 is 33.0 Å². The van der Waals surface area contributed by atoms with E-state index < -0.39 is 15.1 Å². The maximum atomic E-state index is 11.7. The largest absolute Gasteiger partial charge is 0.491 e. The van der Waals surface area contributed by atoms with Gasteiger partial charge in [0.25, 0.3) is 0 Å². The van der Waals surface area contributed by atoms with Crippen LogP contribution in [0.2, 0.25) is 10.0 Å². The molecule has 0 radical (unpaired) electrons. The number of rotatable bonds is 7. The third kappa shape index (κ3) is 4.81. The lowest BCUT2D eigenvalue weighted by Crippen LogP contribution is -2.22. The number of nitrogens with two attached hydrogens (primary N) is 1. The molecule has 4 nitrogen and oxygen atoms in total. The molecule has 0 bridgehead atoms. The van der Waals surface area contributed by atoms with Crippen LogP contribution in [0.4, 0.5) is 0 Å². The molecule has 1 rings (SSSR count). The molecule has 20 heavy (non-hydrogen) atoms. The molecule has 2 N–H and O–H groups in total. The van der Waals surface area contributed by atoms with Crippen LogP contribution in [0.1, 0.15) is 19.4 Å². The second-order valence-corrected chi connectivity index (χ2v) is 8.20. The summed E-state index contributed by atoms with van der Waals surface area (Å²) < 4.78 is 29.0. The van der Waals surface area contributed by atoms with Gasteiger partial charge < -0.3 is 10.5 Å². The standard InChI is InChI=1S/C13H19Cl2NO3S/c1-9(2)20(17,18)6-5-19-13-10(3-4-16)7-11(14)8-12(13)15/h7-9H,3-6,16H2,1-2H3. The van der Waals surface area contributed by atoms with Crippen LogP contribution in [-0.2, 0) is 16.3 Å². The molecule has 0 saturated carbocycles. The van der Waals surface area contributed by atoms with E-state index in [0.29, 0.717) is 28.8 Å². The highest BCUT2D eigenvalue weighted by Gasteiger charge is 2.17. The normalized spacial score (nSPS) is 11.9. The van der Waals surface area contributed by atoms with Crippen LogP contribution < -0.4 is 10.5 Å². The minimum Gasteiger partial charge on any atom is -0.491 e. The van der Waals surface area contributed by atoms with Gasteiger partial charge in [-0.2, -0.15) is 0 Å². The van der Waals surface area contributed by atoms with Crippen molar-refractivity contribution in [1.82, 2.24) is 0 Å². The van der Waals surface area contributed by atoms with Crippen molar-refractivity contribution in [2.75, 3.05) is 18.9 Å². The number of benzene rings is 1. The van der Waals surface area contributed by atoms with E-state index in [0.717, 1.165) is 5.56 Å². The van der Waals surface area contributed by atoms with Crippen molar-refractivity contribution in [3.63, 3.8) is 0 Å². The third-order valence-electron chi connectivity index (χ3n) is 2.83. The average Bonchev–Trinajstić information content (AvgIpc) is 2.32. The van der Waals surface area contributed by atoms with Crippen LogP contribution in [0.3, 0.4) is 0 Å². The Bertz CT molecular complexity index is 559. The van der Waals surface area contributed by atoms with E-state index in [-0.39, 0.29) is 12.4 Å². The molecular weight excluding hydrogens is 321 g/mol. The Morgan fingerprint density at radius 3 is 2.50 bits per heavy atom. The fourth-order valence-corrected chi connectivity index (χ4v) is 2.99. The number of sulfone groups is 1. The van der Waals surface area contributed by atoms with Gasteiger partial charge in [0.2, 0.25) is 0 Å². The number of ether oxygens (including phenoxy) is 1. The molecule has 1 aromatic carbocycles. The van der Waals surface area contributed by atoms with Crippen molar-refractivity contribution in [3.05, 3.63) is 27.7 Å². The molecule has 0 aliphatic carbocycles. The maximum absolute atomic E-state index is 11.7. The number of hydrogen-bond donors (Lipinski definition) is 1. The first-order valence-electron chi connectivity index (χ1n) is 6.30. The van der Waals surface area contributed by atoms with E-state index in [1.165, 1.54) is 0 Å². The number of halogens is 2. The highest BCUT2D eigenvalue weighted by atomic mass is 35.5. The summed E-state index contributed by atoms with van der Waals surface area (Å²) in [6.45, 7) is 3.77. The zero-order valence-corrected chi connectivity index (χ0v) is 13.9. The summed E-state index contributed by atoms with van der Waals surface area (Å²) in [5.41, 5.74) is 6.31. The van der Waals surface area contributed by atoms with Gasteiger partial charge in [-0.3, -0.25) is 0 Å². The van der Waals surface area contributed by atoms with Crippen LogP contribution >= 0.6 is 23.2 Å². The fraction of sp³-hybridized carbons (Fsp3) is 0.538.